The highest BCUT2D eigenvalue weighted by molar-refractivity contribution is 5.65. The van der Waals surface area contributed by atoms with E-state index < -0.39 is 11.7 Å². The van der Waals surface area contributed by atoms with Gasteiger partial charge in [-0.05, 0) is 59.2 Å². The molecule has 1 rings (SSSR count). The van der Waals surface area contributed by atoms with E-state index in [0.29, 0.717) is 6.42 Å². The van der Waals surface area contributed by atoms with Crippen LogP contribution in [0.2, 0.25) is 0 Å². The Labute approximate surface area is 132 Å². The molecule has 0 radical (unpaired) electrons. The van der Waals surface area contributed by atoms with Gasteiger partial charge >= 0.3 is 6.09 Å². The van der Waals surface area contributed by atoms with E-state index >= 15 is 0 Å². The number of hydrogen-bond acceptors (Lipinski definition) is 4. The molecule has 0 fully saturated rings. The predicted octanol–water partition coefficient (Wildman–Crippen LogP) is 3.68. The van der Waals surface area contributed by atoms with E-state index in [4.69, 9.17) is 19.9 Å². The molecule has 0 spiro atoms. The van der Waals surface area contributed by atoms with Gasteiger partial charge in [-0.15, -0.1) is 0 Å². The number of nitrogens with two attached hydrogens (primary N) is 1. The smallest absolute Gasteiger partial charge is 0.405 e. The molecule has 5 nitrogen and oxygen atoms in total. The summed E-state index contributed by atoms with van der Waals surface area (Å²) < 4.78 is 16.7. The number of carbonyl (C=O) groups is 1. The molecule has 22 heavy (non-hydrogen) atoms. The fraction of sp³-hybridized carbons (Fsp3) is 0.588. The van der Waals surface area contributed by atoms with E-state index in [2.05, 4.69) is 0 Å². The maximum atomic E-state index is 11.0. The van der Waals surface area contributed by atoms with Crippen LogP contribution in [0.5, 0.6) is 11.5 Å². The zero-order valence-electron chi connectivity index (χ0n) is 14.3. The molecule has 124 valence electrons. The Morgan fingerprint density at radius 2 is 1.50 bits per heavy atom. The number of rotatable bonds is 7. The second kappa shape index (κ2) is 7.38. The third kappa shape index (κ3) is 6.70. The van der Waals surface area contributed by atoms with Gasteiger partial charge in [0.25, 0.3) is 0 Å². The molecular formula is C17H27NO4. The number of ether oxygens (including phenoxy) is 3. The van der Waals surface area contributed by atoms with Gasteiger partial charge in [0, 0.05) is 12.5 Å². The van der Waals surface area contributed by atoms with Gasteiger partial charge < -0.3 is 19.9 Å². The van der Waals surface area contributed by atoms with Gasteiger partial charge in [0.1, 0.15) is 17.1 Å². The van der Waals surface area contributed by atoms with Crippen LogP contribution in [0.25, 0.3) is 0 Å². The Morgan fingerprint density at radius 3 is 1.86 bits per heavy atom. The van der Waals surface area contributed by atoms with Crippen LogP contribution < -0.4 is 15.2 Å². The second-order valence-electron chi connectivity index (χ2n) is 6.50. The lowest BCUT2D eigenvalue weighted by atomic mass is 9.98. The van der Waals surface area contributed by atoms with Crippen molar-refractivity contribution < 1.29 is 19.0 Å². The number of carbonyl (C=O) groups excluding carboxylic acids is 1. The van der Waals surface area contributed by atoms with Crippen LogP contribution in [0, 0.1) is 0 Å². The highest BCUT2D eigenvalue weighted by atomic mass is 16.6. The van der Waals surface area contributed by atoms with E-state index in [9.17, 15) is 4.79 Å². The largest absolute Gasteiger partial charge is 0.491 e. The molecule has 0 heterocycles. The third-order valence-corrected chi connectivity index (χ3v) is 2.69. The van der Waals surface area contributed by atoms with Crippen LogP contribution in [-0.4, -0.2) is 23.9 Å². The number of benzene rings is 1. The SMILES string of the molecule is CC(C)Oc1cc(CC(C)(C)OC(N)=O)cc(OC(C)C)c1. The van der Waals surface area contributed by atoms with Crippen LogP contribution in [0.4, 0.5) is 4.79 Å². The lowest BCUT2D eigenvalue weighted by Crippen LogP contribution is -2.33. The van der Waals surface area contributed by atoms with Crippen LogP contribution in [0.15, 0.2) is 18.2 Å². The fourth-order valence-electron chi connectivity index (χ4n) is 2.21. The van der Waals surface area contributed by atoms with Gasteiger partial charge in [0.2, 0.25) is 0 Å². The monoisotopic (exact) mass is 309 g/mol. The molecule has 0 saturated carbocycles. The Balaban J connectivity index is 3.03. The van der Waals surface area contributed by atoms with Crippen LogP contribution in [0.3, 0.4) is 0 Å². The summed E-state index contributed by atoms with van der Waals surface area (Å²) >= 11 is 0. The number of hydrogen-bond donors (Lipinski definition) is 1. The van der Waals surface area contributed by atoms with Crippen molar-refractivity contribution >= 4 is 6.09 Å². The zero-order chi connectivity index (χ0) is 16.9. The van der Waals surface area contributed by atoms with Gasteiger partial charge in [-0.2, -0.15) is 0 Å². The highest BCUT2D eigenvalue weighted by Crippen LogP contribution is 2.28. The summed E-state index contributed by atoms with van der Waals surface area (Å²) in [6.07, 6.45) is -0.132. The highest BCUT2D eigenvalue weighted by Gasteiger charge is 2.23. The molecule has 1 aromatic rings. The van der Waals surface area contributed by atoms with E-state index in [0.717, 1.165) is 17.1 Å². The Kier molecular flexibility index (Phi) is 6.09. The van der Waals surface area contributed by atoms with Crippen molar-refractivity contribution in [1.29, 1.82) is 0 Å². The van der Waals surface area contributed by atoms with Crippen LogP contribution in [-0.2, 0) is 11.2 Å². The first-order valence-electron chi connectivity index (χ1n) is 7.53. The zero-order valence-corrected chi connectivity index (χ0v) is 14.3. The predicted molar refractivity (Wildman–Crippen MR) is 86.4 cm³/mol. The minimum Gasteiger partial charge on any atom is -0.491 e. The summed E-state index contributed by atoms with van der Waals surface area (Å²) in [6, 6.07) is 5.73. The van der Waals surface area contributed by atoms with Crippen molar-refractivity contribution in [3.05, 3.63) is 23.8 Å². The molecule has 5 heteroatoms. The minimum atomic E-state index is -0.779. The summed E-state index contributed by atoms with van der Waals surface area (Å²) in [7, 11) is 0. The summed E-state index contributed by atoms with van der Waals surface area (Å²) in [5.74, 6) is 1.47. The molecule has 0 aliphatic heterocycles. The molecule has 0 bridgehead atoms. The molecule has 1 aromatic carbocycles. The Morgan fingerprint density at radius 1 is 1.05 bits per heavy atom. The van der Waals surface area contributed by atoms with E-state index in [1.807, 2.05) is 59.7 Å². The molecule has 1 amide bonds. The fourth-order valence-corrected chi connectivity index (χ4v) is 2.21. The summed E-state index contributed by atoms with van der Waals surface area (Å²) in [5.41, 5.74) is 5.37. The second-order valence-corrected chi connectivity index (χ2v) is 6.50. The van der Waals surface area contributed by atoms with Gasteiger partial charge in [0.05, 0.1) is 12.2 Å². The molecule has 0 aromatic heterocycles. The van der Waals surface area contributed by atoms with Crippen molar-refractivity contribution in [2.24, 2.45) is 5.73 Å². The van der Waals surface area contributed by atoms with Gasteiger partial charge in [-0.25, -0.2) is 4.79 Å². The van der Waals surface area contributed by atoms with Crippen LogP contribution in [0.1, 0.15) is 47.1 Å². The molecule has 0 aliphatic rings. The van der Waals surface area contributed by atoms with E-state index in [1.165, 1.54) is 0 Å². The minimum absolute atomic E-state index is 0.0667. The molecule has 0 atom stereocenters. The van der Waals surface area contributed by atoms with Crippen LogP contribution >= 0.6 is 0 Å². The van der Waals surface area contributed by atoms with Gasteiger partial charge in [-0.3, -0.25) is 0 Å². The standard InChI is InChI=1S/C17H27NO4/c1-11(2)20-14-7-13(8-15(9-14)21-12(3)4)10-17(5,6)22-16(18)19/h7-9,11-12H,10H2,1-6H3,(H2,18,19). The number of primary amides is 1. The maximum Gasteiger partial charge on any atom is 0.405 e. The van der Waals surface area contributed by atoms with E-state index in [1.54, 1.807) is 0 Å². The Hall–Kier alpha value is -1.91. The first kappa shape index (κ1) is 18.1. The Bertz CT molecular complexity index is 481. The first-order chi connectivity index (χ1) is 10.1. The normalized spacial score (nSPS) is 11.6. The summed E-state index contributed by atoms with van der Waals surface area (Å²) in [4.78, 5) is 11.0. The lowest BCUT2D eigenvalue weighted by Gasteiger charge is -2.25. The van der Waals surface area contributed by atoms with Crippen molar-refractivity contribution in [3.63, 3.8) is 0 Å². The maximum absolute atomic E-state index is 11.0. The summed E-state index contributed by atoms with van der Waals surface area (Å²) in [6.45, 7) is 11.5. The number of amides is 1. The van der Waals surface area contributed by atoms with Crippen molar-refractivity contribution in [1.82, 2.24) is 0 Å². The van der Waals surface area contributed by atoms with Crippen molar-refractivity contribution in [2.45, 2.75) is 65.8 Å². The molecule has 2 N–H and O–H groups in total. The lowest BCUT2D eigenvalue weighted by molar-refractivity contribution is 0.0460. The quantitative estimate of drug-likeness (QED) is 0.834. The first-order valence-corrected chi connectivity index (χ1v) is 7.53. The average molecular weight is 309 g/mol. The average Bonchev–Trinajstić information content (AvgIpc) is 2.22. The summed E-state index contributed by atoms with van der Waals surface area (Å²) in [5, 5.41) is 0. The van der Waals surface area contributed by atoms with Gasteiger partial charge in [-0.1, -0.05) is 0 Å². The molecule has 0 saturated heterocycles. The molecule has 0 aliphatic carbocycles. The molecular weight excluding hydrogens is 282 g/mol. The third-order valence-electron chi connectivity index (χ3n) is 2.69. The topological polar surface area (TPSA) is 70.8 Å². The van der Waals surface area contributed by atoms with Gasteiger partial charge in [0.15, 0.2) is 0 Å². The van der Waals surface area contributed by atoms with E-state index in [-0.39, 0.29) is 12.2 Å². The van der Waals surface area contributed by atoms with Crippen molar-refractivity contribution in [3.8, 4) is 11.5 Å². The van der Waals surface area contributed by atoms with Crippen molar-refractivity contribution in [2.75, 3.05) is 0 Å². The molecule has 0 unspecified atom stereocenters.